The summed E-state index contributed by atoms with van der Waals surface area (Å²) in [5.41, 5.74) is 1.04. The maximum absolute atomic E-state index is 12.0. The second kappa shape index (κ2) is 6.44. The van der Waals surface area contributed by atoms with E-state index in [1.165, 1.54) is 0 Å². The predicted octanol–water partition coefficient (Wildman–Crippen LogP) is 4.18. The summed E-state index contributed by atoms with van der Waals surface area (Å²) in [6, 6.07) is 7.78. The van der Waals surface area contributed by atoms with E-state index < -0.39 is 8.32 Å². The molecule has 0 amide bonds. The average Bonchev–Trinajstić information content (AvgIpc) is 2.34. The van der Waals surface area contributed by atoms with Crippen molar-refractivity contribution >= 4 is 14.3 Å². The van der Waals surface area contributed by atoms with Crippen LogP contribution >= 0.6 is 0 Å². The number of methoxy groups -OCH3 is 1. The molecular formula is C16H26O3Si. The van der Waals surface area contributed by atoms with Crippen molar-refractivity contribution in [1.82, 2.24) is 0 Å². The van der Waals surface area contributed by atoms with E-state index in [-0.39, 0.29) is 11.0 Å². The molecule has 0 bridgehead atoms. The van der Waals surface area contributed by atoms with Crippen LogP contribution in [0.15, 0.2) is 24.3 Å². The van der Waals surface area contributed by atoms with Gasteiger partial charge in [0.25, 0.3) is 14.3 Å². The summed E-state index contributed by atoms with van der Waals surface area (Å²) in [5.74, 6) is 0.718. The van der Waals surface area contributed by atoms with Gasteiger partial charge in [-0.3, -0.25) is 4.79 Å². The minimum atomic E-state index is -2.01. The van der Waals surface area contributed by atoms with Crippen LogP contribution < -0.4 is 4.74 Å². The fourth-order valence-electron chi connectivity index (χ4n) is 1.63. The van der Waals surface area contributed by atoms with E-state index in [9.17, 15) is 4.79 Å². The highest BCUT2D eigenvalue weighted by Crippen LogP contribution is 2.36. The van der Waals surface area contributed by atoms with Gasteiger partial charge in [0, 0.05) is 6.42 Å². The van der Waals surface area contributed by atoms with Crippen molar-refractivity contribution in [3.8, 4) is 5.75 Å². The van der Waals surface area contributed by atoms with Crippen molar-refractivity contribution in [3.63, 3.8) is 0 Å². The predicted molar refractivity (Wildman–Crippen MR) is 84.6 cm³/mol. The zero-order valence-electron chi connectivity index (χ0n) is 13.4. The minimum Gasteiger partial charge on any atom is -0.519 e. The number of ether oxygens (including phenoxy) is 1. The molecule has 0 atom stereocenters. The van der Waals surface area contributed by atoms with Crippen LogP contribution in [0.5, 0.6) is 5.75 Å². The summed E-state index contributed by atoms with van der Waals surface area (Å²) in [7, 11) is -0.363. The maximum Gasteiger partial charge on any atom is 0.292 e. The van der Waals surface area contributed by atoms with Crippen molar-refractivity contribution in [2.45, 2.75) is 51.7 Å². The summed E-state index contributed by atoms with van der Waals surface area (Å²) < 4.78 is 11.0. The van der Waals surface area contributed by atoms with Gasteiger partial charge in [-0.15, -0.1) is 0 Å². The number of hydrogen-bond acceptors (Lipinski definition) is 3. The minimum absolute atomic E-state index is 0.0487. The van der Waals surface area contributed by atoms with Crippen molar-refractivity contribution in [3.05, 3.63) is 29.8 Å². The number of hydrogen-bond donors (Lipinski definition) is 0. The quantitative estimate of drug-likeness (QED) is 0.764. The topological polar surface area (TPSA) is 35.5 Å². The highest BCUT2D eigenvalue weighted by atomic mass is 28.4. The van der Waals surface area contributed by atoms with Crippen LogP contribution in [0, 0.1) is 0 Å². The van der Waals surface area contributed by atoms with Gasteiger partial charge in [0.15, 0.2) is 0 Å². The molecule has 112 valence electrons. The normalized spacial score (nSPS) is 12.1. The molecule has 1 aromatic carbocycles. The fraction of sp³-hybridized carbons (Fsp3) is 0.562. The summed E-state index contributed by atoms with van der Waals surface area (Å²) in [5, 5.41) is 0.0487. The number of aryl methyl sites for hydroxylation is 1. The highest BCUT2D eigenvalue weighted by Gasteiger charge is 2.40. The highest BCUT2D eigenvalue weighted by molar-refractivity contribution is 6.75. The van der Waals surface area contributed by atoms with Crippen molar-refractivity contribution in [2.24, 2.45) is 0 Å². The molecule has 0 N–H and O–H groups in total. The molecule has 20 heavy (non-hydrogen) atoms. The first-order valence-corrected chi connectivity index (χ1v) is 9.92. The fourth-order valence-corrected chi connectivity index (χ4v) is 2.61. The lowest BCUT2D eigenvalue weighted by Gasteiger charge is -2.35. The van der Waals surface area contributed by atoms with Gasteiger partial charge in [0.2, 0.25) is 0 Å². The van der Waals surface area contributed by atoms with Gasteiger partial charge in [0.05, 0.1) is 7.11 Å². The molecule has 0 aromatic heterocycles. The van der Waals surface area contributed by atoms with Gasteiger partial charge in [-0.05, 0) is 36.2 Å². The zero-order valence-corrected chi connectivity index (χ0v) is 14.4. The molecule has 4 heteroatoms. The van der Waals surface area contributed by atoms with Crippen molar-refractivity contribution in [2.75, 3.05) is 7.11 Å². The van der Waals surface area contributed by atoms with E-state index in [2.05, 4.69) is 33.9 Å². The summed E-state index contributed by atoms with van der Waals surface area (Å²) in [4.78, 5) is 12.0. The molecule has 1 rings (SSSR count). The van der Waals surface area contributed by atoms with E-state index in [4.69, 9.17) is 9.16 Å². The van der Waals surface area contributed by atoms with Gasteiger partial charge in [0.1, 0.15) is 5.75 Å². The standard InChI is InChI=1S/C16H26O3Si/c1-16(2,3)20(5,6)19-15(17)12-11-13-9-7-8-10-14(13)18-4/h7-10H,11-12H2,1-6H3. The van der Waals surface area contributed by atoms with Gasteiger partial charge in [-0.2, -0.15) is 0 Å². The zero-order chi connectivity index (χ0) is 15.4. The summed E-state index contributed by atoms with van der Waals surface area (Å²) in [6.45, 7) is 10.6. The molecule has 0 heterocycles. The number of para-hydroxylation sites is 1. The molecule has 0 spiro atoms. The molecule has 3 nitrogen and oxygen atoms in total. The number of carbonyl (C=O) groups is 1. The molecule has 0 aliphatic heterocycles. The maximum atomic E-state index is 12.0. The summed E-state index contributed by atoms with van der Waals surface area (Å²) in [6.07, 6.45) is 1.05. The lowest BCUT2D eigenvalue weighted by molar-refractivity contribution is -0.135. The largest absolute Gasteiger partial charge is 0.519 e. The van der Waals surface area contributed by atoms with Crippen LogP contribution in [0.25, 0.3) is 0 Å². The molecule has 0 aliphatic rings. The first kappa shape index (κ1) is 16.8. The van der Waals surface area contributed by atoms with Crippen LogP contribution in [0.1, 0.15) is 32.8 Å². The Balaban J connectivity index is 2.60. The third kappa shape index (κ3) is 4.37. The van der Waals surface area contributed by atoms with E-state index in [0.717, 1.165) is 11.3 Å². The Morgan fingerprint density at radius 2 is 1.80 bits per heavy atom. The monoisotopic (exact) mass is 294 g/mol. The van der Waals surface area contributed by atoms with Crippen LogP contribution in [-0.2, 0) is 15.6 Å². The molecule has 0 saturated carbocycles. The van der Waals surface area contributed by atoms with Crippen molar-refractivity contribution < 1.29 is 14.0 Å². The number of benzene rings is 1. The number of rotatable bonds is 5. The number of carbonyl (C=O) groups excluding carboxylic acids is 1. The molecule has 0 saturated heterocycles. The third-order valence-corrected chi connectivity index (χ3v) is 8.32. The van der Waals surface area contributed by atoms with Crippen LogP contribution in [0.2, 0.25) is 18.1 Å². The Hall–Kier alpha value is -1.29. The second-order valence-electron chi connectivity index (χ2n) is 6.55. The molecule has 0 fully saturated rings. The Morgan fingerprint density at radius 3 is 2.35 bits per heavy atom. The Kier molecular flexibility index (Phi) is 5.40. The summed E-state index contributed by atoms with van der Waals surface area (Å²) >= 11 is 0. The Bertz CT molecular complexity index is 461. The first-order chi connectivity index (χ1) is 9.17. The third-order valence-electron chi connectivity index (χ3n) is 3.97. The van der Waals surface area contributed by atoms with E-state index in [0.29, 0.717) is 12.8 Å². The molecular weight excluding hydrogens is 268 g/mol. The van der Waals surface area contributed by atoms with E-state index in [1.54, 1.807) is 7.11 Å². The van der Waals surface area contributed by atoms with Gasteiger partial charge in [-0.1, -0.05) is 39.0 Å². The van der Waals surface area contributed by atoms with Gasteiger partial charge in [-0.25, -0.2) is 0 Å². The first-order valence-electron chi connectivity index (χ1n) is 7.01. The van der Waals surface area contributed by atoms with E-state index in [1.807, 2.05) is 24.3 Å². The van der Waals surface area contributed by atoms with Crippen molar-refractivity contribution in [1.29, 1.82) is 0 Å². The second-order valence-corrected chi connectivity index (χ2v) is 11.3. The molecule has 1 aromatic rings. The van der Waals surface area contributed by atoms with Gasteiger partial charge >= 0.3 is 0 Å². The molecule has 0 unspecified atom stereocenters. The molecule has 0 aliphatic carbocycles. The van der Waals surface area contributed by atoms with E-state index >= 15 is 0 Å². The van der Waals surface area contributed by atoms with Crippen LogP contribution in [0.4, 0.5) is 0 Å². The van der Waals surface area contributed by atoms with Crippen LogP contribution in [0.3, 0.4) is 0 Å². The Labute approximate surface area is 123 Å². The lowest BCUT2D eigenvalue weighted by Crippen LogP contribution is -2.42. The van der Waals surface area contributed by atoms with Crippen LogP contribution in [-0.4, -0.2) is 21.4 Å². The average molecular weight is 294 g/mol. The molecule has 0 radical (unpaired) electrons. The smallest absolute Gasteiger partial charge is 0.292 e. The SMILES string of the molecule is COc1ccccc1CCC(=O)O[Si](C)(C)C(C)(C)C. The lowest BCUT2D eigenvalue weighted by atomic mass is 10.1. The Morgan fingerprint density at radius 1 is 1.20 bits per heavy atom. The van der Waals surface area contributed by atoms with Gasteiger partial charge < -0.3 is 9.16 Å².